The van der Waals surface area contributed by atoms with Crippen LogP contribution in [0.4, 0.5) is 0 Å². The van der Waals surface area contributed by atoms with E-state index >= 15 is 0 Å². The molecule has 11 nitrogen and oxygen atoms in total. The fraction of sp³-hybridized carbons (Fsp3) is 0.382. The Bertz CT molecular complexity index is 1990. The van der Waals surface area contributed by atoms with Crippen molar-refractivity contribution in [3.05, 3.63) is 59.8 Å². The first-order valence-corrected chi connectivity index (χ1v) is 15.6. The number of piperidine rings is 1. The Labute approximate surface area is 260 Å². The fourth-order valence-electron chi connectivity index (χ4n) is 7.35. The number of nitrogens with two attached hydrogens (primary N) is 2. The molecule has 230 valence electrons. The first kappa shape index (κ1) is 27.8. The number of benzene rings is 1. The van der Waals surface area contributed by atoms with Crippen molar-refractivity contribution < 1.29 is 14.3 Å². The average molecular weight is 605 g/mol. The molecule has 2 unspecified atom stereocenters. The fourth-order valence-corrected chi connectivity index (χ4v) is 7.35. The van der Waals surface area contributed by atoms with Gasteiger partial charge in [-0.25, -0.2) is 9.97 Å². The van der Waals surface area contributed by atoms with Crippen LogP contribution in [-0.2, 0) is 24.8 Å². The van der Waals surface area contributed by atoms with Gasteiger partial charge in [-0.15, -0.1) is 0 Å². The molecule has 1 aliphatic heterocycles. The summed E-state index contributed by atoms with van der Waals surface area (Å²) >= 11 is 0. The maximum Gasteiger partial charge on any atom is 0.254 e. The van der Waals surface area contributed by atoms with E-state index in [1.165, 1.54) is 12.8 Å². The molecule has 3 atom stereocenters. The van der Waals surface area contributed by atoms with Gasteiger partial charge in [0.1, 0.15) is 16.9 Å². The number of pyridine rings is 2. The van der Waals surface area contributed by atoms with Crippen LogP contribution >= 0.6 is 0 Å². The van der Waals surface area contributed by atoms with Gasteiger partial charge in [-0.1, -0.05) is 6.07 Å². The van der Waals surface area contributed by atoms with E-state index in [2.05, 4.69) is 21.7 Å². The van der Waals surface area contributed by atoms with Crippen molar-refractivity contribution in [1.82, 2.24) is 29.0 Å². The van der Waals surface area contributed by atoms with Gasteiger partial charge < -0.3 is 30.2 Å². The minimum Gasteiger partial charge on any atom is -0.494 e. The number of ether oxygens (including phenoxy) is 1. The van der Waals surface area contributed by atoms with Gasteiger partial charge >= 0.3 is 0 Å². The summed E-state index contributed by atoms with van der Waals surface area (Å²) in [5, 5.41) is 1.01. The molecule has 1 saturated heterocycles. The zero-order chi connectivity index (χ0) is 31.0. The molecular formula is C34H36N8O3. The van der Waals surface area contributed by atoms with Crippen LogP contribution in [0.15, 0.2) is 48.7 Å². The monoisotopic (exact) mass is 604 g/mol. The second-order valence-corrected chi connectivity index (χ2v) is 12.9. The summed E-state index contributed by atoms with van der Waals surface area (Å²) in [7, 11) is 3.62. The molecule has 1 aromatic carbocycles. The van der Waals surface area contributed by atoms with E-state index in [1.807, 2.05) is 46.8 Å². The van der Waals surface area contributed by atoms with Crippen LogP contribution in [0, 0.1) is 11.8 Å². The highest BCUT2D eigenvalue weighted by Crippen LogP contribution is 2.40. The zero-order valence-electron chi connectivity index (χ0n) is 25.4. The van der Waals surface area contributed by atoms with Crippen LogP contribution in [0.2, 0.25) is 0 Å². The molecule has 2 amide bonds. The Morgan fingerprint density at radius 1 is 1.02 bits per heavy atom. The summed E-state index contributed by atoms with van der Waals surface area (Å²) in [4.78, 5) is 41.7. The van der Waals surface area contributed by atoms with Gasteiger partial charge in [0.05, 0.1) is 36.1 Å². The summed E-state index contributed by atoms with van der Waals surface area (Å²) in [6, 6.07) is 13.8. The van der Waals surface area contributed by atoms with Crippen molar-refractivity contribution >= 4 is 33.9 Å². The van der Waals surface area contributed by atoms with Gasteiger partial charge in [0.15, 0.2) is 5.82 Å². The van der Waals surface area contributed by atoms with Gasteiger partial charge in [0, 0.05) is 49.4 Å². The van der Waals surface area contributed by atoms with Gasteiger partial charge in [-0.3, -0.25) is 14.6 Å². The van der Waals surface area contributed by atoms with E-state index in [0.29, 0.717) is 35.2 Å². The van der Waals surface area contributed by atoms with Crippen LogP contribution < -0.4 is 16.2 Å². The molecule has 11 heteroatoms. The van der Waals surface area contributed by atoms with E-state index in [1.54, 1.807) is 13.3 Å². The van der Waals surface area contributed by atoms with Gasteiger partial charge in [-0.2, -0.15) is 0 Å². The molecule has 4 aromatic heterocycles. The van der Waals surface area contributed by atoms with Crippen LogP contribution in [0.3, 0.4) is 0 Å². The third-order valence-electron chi connectivity index (χ3n) is 9.89. The van der Waals surface area contributed by atoms with Gasteiger partial charge in [-0.05, 0) is 79.5 Å². The molecule has 8 rings (SSSR count). The lowest BCUT2D eigenvalue weighted by Crippen LogP contribution is -2.41. The molecule has 5 heterocycles. The van der Waals surface area contributed by atoms with Crippen LogP contribution in [0.1, 0.15) is 41.6 Å². The molecule has 5 aromatic rings. The molecule has 2 bridgehead atoms. The highest BCUT2D eigenvalue weighted by molar-refractivity contribution is 6.00. The number of aromatic nitrogens is 5. The number of fused-ring (bicyclic) bond motifs is 4. The number of methoxy groups -OCH3 is 1. The summed E-state index contributed by atoms with van der Waals surface area (Å²) in [5.41, 5.74) is 17.9. The number of hydrogen-bond acceptors (Lipinski definition) is 7. The number of amides is 2. The molecule has 2 saturated carbocycles. The number of nitrogens with zero attached hydrogens (tertiary/aromatic N) is 6. The molecule has 2 aliphatic carbocycles. The third-order valence-corrected chi connectivity index (χ3v) is 9.89. The average Bonchev–Trinajstić information content (AvgIpc) is 3.44. The van der Waals surface area contributed by atoms with Crippen molar-refractivity contribution in [1.29, 1.82) is 0 Å². The number of carbonyl (C=O) groups is 2. The molecule has 45 heavy (non-hydrogen) atoms. The standard InChI is InChI=1S/C34H36N8O3/c1-40-31-25(12-22(14-28(31)45-2)34(44)42-17-21-7-10-26(42)30(21)36)39-33(40)27-13-20-6-9-24(38-32(20)41(27)16-18-3-4-18)23-8-5-19(15-37-23)11-29(35)43/h5-6,8-9,12-15,18,21,26,30H,3-4,7,10-11,16-17,36H2,1-2H3,(H2,35,43)/t21?,26?,30-/m1/s1. The topological polar surface area (TPSA) is 147 Å². The first-order chi connectivity index (χ1) is 21.8. The number of rotatable bonds is 8. The highest BCUT2D eigenvalue weighted by atomic mass is 16.5. The van der Waals surface area contributed by atoms with Crippen molar-refractivity contribution in [2.45, 2.75) is 50.7 Å². The third kappa shape index (κ3) is 4.64. The maximum absolute atomic E-state index is 13.7. The molecular weight excluding hydrogens is 568 g/mol. The Balaban J connectivity index is 1.20. The Kier molecular flexibility index (Phi) is 6.42. The zero-order valence-corrected chi connectivity index (χ0v) is 25.4. The smallest absolute Gasteiger partial charge is 0.254 e. The van der Waals surface area contributed by atoms with E-state index in [-0.39, 0.29) is 30.3 Å². The minimum atomic E-state index is -0.389. The molecule has 3 fully saturated rings. The SMILES string of the molecule is COc1cc(C(=O)N2CC3CCC2[C@@H]3N)cc2nc(-c3cc4ccc(-c5ccc(CC(N)=O)cn5)nc4n3CC3CC3)n(C)c12. The highest BCUT2D eigenvalue weighted by Gasteiger charge is 2.47. The maximum atomic E-state index is 13.7. The van der Waals surface area contributed by atoms with Crippen LogP contribution in [0.25, 0.3) is 45.0 Å². The lowest BCUT2D eigenvalue weighted by atomic mass is 10.1. The van der Waals surface area contributed by atoms with Crippen molar-refractivity contribution in [3.8, 4) is 28.7 Å². The van der Waals surface area contributed by atoms with E-state index in [9.17, 15) is 9.59 Å². The number of hydrogen-bond donors (Lipinski definition) is 2. The second kappa shape index (κ2) is 10.4. The Hall–Kier alpha value is -4.77. The minimum absolute atomic E-state index is 0.0131. The summed E-state index contributed by atoms with van der Waals surface area (Å²) in [5.74, 6) is 1.96. The number of carbonyl (C=O) groups excluding carboxylic acids is 2. The lowest BCUT2D eigenvalue weighted by molar-refractivity contribution is -0.117. The van der Waals surface area contributed by atoms with E-state index in [4.69, 9.17) is 26.2 Å². The van der Waals surface area contributed by atoms with Crippen molar-refractivity contribution in [3.63, 3.8) is 0 Å². The number of likely N-dealkylation sites (tertiary alicyclic amines) is 1. The summed E-state index contributed by atoms with van der Waals surface area (Å²) in [6.07, 6.45) is 6.25. The molecule has 0 spiro atoms. The van der Waals surface area contributed by atoms with E-state index < -0.39 is 0 Å². The second-order valence-electron chi connectivity index (χ2n) is 12.9. The number of primary amides is 1. The predicted octanol–water partition coefficient (Wildman–Crippen LogP) is 3.66. The Morgan fingerprint density at radius 2 is 1.84 bits per heavy atom. The Morgan fingerprint density at radius 3 is 2.51 bits per heavy atom. The van der Waals surface area contributed by atoms with E-state index in [0.717, 1.165) is 64.4 Å². The quantitative estimate of drug-likeness (QED) is 0.275. The van der Waals surface area contributed by atoms with Gasteiger partial charge in [0.25, 0.3) is 5.91 Å². The van der Waals surface area contributed by atoms with Crippen LogP contribution in [-0.4, -0.2) is 66.5 Å². The molecule has 4 N–H and O–H groups in total. The molecule has 3 aliphatic rings. The molecule has 0 radical (unpaired) electrons. The lowest BCUT2D eigenvalue weighted by Gasteiger charge is -2.27. The summed E-state index contributed by atoms with van der Waals surface area (Å²) < 4.78 is 10.2. The van der Waals surface area contributed by atoms with Gasteiger partial charge in [0.2, 0.25) is 5.91 Å². The van der Waals surface area contributed by atoms with Crippen molar-refractivity contribution in [2.24, 2.45) is 30.4 Å². The normalized spacial score (nSPS) is 20.9. The largest absolute Gasteiger partial charge is 0.494 e. The number of imidazole rings is 1. The first-order valence-electron chi connectivity index (χ1n) is 15.6. The van der Waals surface area contributed by atoms with Crippen molar-refractivity contribution in [2.75, 3.05) is 13.7 Å². The van der Waals surface area contributed by atoms with Crippen LogP contribution in [0.5, 0.6) is 5.75 Å². The number of aryl methyl sites for hydroxylation is 1. The predicted molar refractivity (Wildman–Crippen MR) is 170 cm³/mol. The summed E-state index contributed by atoms with van der Waals surface area (Å²) in [6.45, 7) is 1.55.